The van der Waals surface area contributed by atoms with Crippen molar-refractivity contribution in [3.05, 3.63) is 35.1 Å². The zero-order valence-corrected chi connectivity index (χ0v) is 11.3. The normalized spacial score (nSPS) is 20.4. The lowest BCUT2D eigenvalue weighted by Crippen LogP contribution is -2.30. The smallest absolute Gasteiger partial charge is 0.137 e. The Kier molecular flexibility index (Phi) is 3.13. The molecule has 0 spiro atoms. The van der Waals surface area contributed by atoms with E-state index in [0.29, 0.717) is 0 Å². The Bertz CT molecular complexity index is 549. The van der Waals surface area contributed by atoms with Crippen molar-refractivity contribution in [2.24, 2.45) is 5.92 Å². The van der Waals surface area contributed by atoms with Crippen molar-refractivity contribution in [1.82, 2.24) is 5.32 Å². The summed E-state index contributed by atoms with van der Waals surface area (Å²) >= 11 is 0. The van der Waals surface area contributed by atoms with E-state index in [-0.39, 0.29) is 0 Å². The van der Waals surface area contributed by atoms with Crippen LogP contribution in [0.2, 0.25) is 0 Å². The van der Waals surface area contributed by atoms with Gasteiger partial charge in [-0.3, -0.25) is 0 Å². The lowest BCUT2D eigenvalue weighted by Gasteiger charge is -2.22. The van der Waals surface area contributed by atoms with Crippen LogP contribution in [0, 0.1) is 19.8 Å². The van der Waals surface area contributed by atoms with Gasteiger partial charge >= 0.3 is 0 Å². The summed E-state index contributed by atoms with van der Waals surface area (Å²) in [6.45, 7) is 6.53. The maximum absolute atomic E-state index is 5.95. The highest BCUT2D eigenvalue weighted by Crippen LogP contribution is 2.29. The fourth-order valence-electron chi connectivity index (χ4n) is 2.99. The monoisotopic (exact) mass is 243 g/mol. The molecule has 2 aromatic rings. The highest BCUT2D eigenvalue weighted by Gasteiger charge is 2.17. The highest BCUT2D eigenvalue weighted by molar-refractivity contribution is 5.84. The minimum atomic E-state index is 0.759. The molecule has 2 nitrogen and oxygen atoms in total. The Hall–Kier alpha value is -1.28. The number of benzene rings is 1. The number of piperidine rings is 1. The van der Waals surface area contributed by atoms with E-state index in [0.717, 1.165) is 30.2 Å². The van der Waals surface area contributed by atoms with Gasteiger partial charge in [-0.1, -0.05) is 18.2 Å². The van der Waals surface area contributed by atoms with Gasteiger partial charge in [-0.15, -0.1) is 0 Å². The SMILES string of the molecule is Cc1oc2c(CC3CCCNC3)cccc2c1C. The van der Waals surface area contributed by atoms with Crippen LogP contribution in [0.25, 0.3) is 11.0 Å². The predicted molar refractivity (Wildman–Crippen MR) is 75.0 cm³/mol. The second-order valence-electron chi connectivity index (χ2n) is 5.49. The largest absolute Gasteiger partial charge is 0.461 e. The van der Waals surface area contributed by atoms with Crippen LogP contribution in [-0.2, 0) is 6.42 Å². The van der Waals surface area contributed by atoms with Gasteiger partial charge in [0.1, 0.15) is 11.3 Å². The molecule has 1 aliphatic heterocycles. The molecule has 96 valence electrons. The third kappa shape index (κ3) is 2.05. The maximum Gasteiger partial charge on any atom is 0.137 e. The van der Waals surface area contributed by atoms with Gasteiger partial charge < -0.3 is 9.73 Å². The lowest BCUT2D eigenvalue weighted by atomic mass is 9.91. The summed E-state index contributed by atoms with van der Waals surface area (Å²) in [6.07, 6.45) is 3.77. The van der Waals surface area contributed by atoms with Crippen molar-refractivity contribution in [2.75, 3.05) is 13.1 Å². The number of hydrogen-bond acceptors (Lipinski definition) is 2. The molecule has 0 amide bonds. The first-order chi connectivity index (χ1) is 8.75. The molecule has 1 saturated heterocycles. The number of nitrogens with one attached hydrogen (secondary N) is 1. The zero-order chi connectivity index (χ0) is 12.5. The standard InChI is InChI=1S/C16H21NO/c1-11-12(2)18-16-14(6-3-7-15(11)16)9-13-5-4-8-17-10-13/h3,6-7,13,17H,4-5,8-10H2,1-2H3. The van der Waals surface area contributed by atoms with E-state index in [9.17, 15) is 0 Å². The average molecular weight is 243 g/mol. The maximum atomic E-state index is 5.95. The Labute approximate surface area is 108 Å². The van der Waals surface area contributed by atoms with E-state index in [2.05, 4.69) is 37.4 Å². The molecular weight excluding hydrogens is 222 g/mol. The molecule has 2 heteroatoms. The van der Waals surface area contributed by atoms with Gasteiger partial charge in [0.2, 0.25) is 0 Å². The first-order valence-electron chi connectivity index (χ1n) is 6.94. The number of para-hydroxylation sites is 1. The molecule has 3 rings (SSSR count). The molecule has 1 aromatic heterocycles. The summed E-state index contributed by atoms with van der Waals surface area (Å²) in [6, 6.07) is 6.55. The van der Waals surface area contributed by atoms with E-state index in [4.69, 9.17) is 4.42 Å². The Morgan fingerprint density at radius 2 is 2.22 bits per heavy atom. The predicted octanol–water partition coefficient (Wildman–Crippen LogP) is 3.59. The van der Waals surface area contributed by atoms with Crippen LogP contribution in [0.4, 0.5) is 0 Å². The fraction of sp³-hybridized carbons (Fsp3) is 0.500. The number of fused-ring (bicyclic) bond motifs is 1. The molecule has 1 aromatic carbocycles. The van der Waals surface area contributed by atoms with Crippen molar-refractivity contribution in [2.45, 2.75) is 33.1 Å². The van der Waals surface area contributed by atoms with E-state index in [1.165, 1.54) is 35.9 Å². The van der Waals surface area contributed by atoms with Crippen molar-refractivity contribution < 1.29 is 4.42 Å². The van der Waals surface area contributed by atoms with Crippen molar-refractivity contribution >= 4 is 11.0 Å². The highest BCUT2D eigenvalue weighted by atomic mass is 16.3. The Morgan fingerprint density at radius 3 is 3.00 bits per heavy atom. The van der Waals surface area contributed by atoms with Gasteiger partial charge in [0, 0.05) is 5.39 Å². The molecule has 1 N–H and O–H groups in total. The molecule has 1 unspecified atom stereocenters. The molecule has 1 atom stereocenters. The third-order valence-corrected chi connectivity index (χ3v) is 4.19. The Balaban J connectivity index is 1.93. The molecule has 0 saturated carbocycles. The van der Waals surface area contributed by atoms with Crippen LogP contribution in [-0.4, -0.2) is 13.1 Å². The molecule has 2 heterocycles. The van der Waals surface area contributed by atoms with Crippen LogP contribution < -0.4 is 5.32 Å². The number of furan rings is 1. The summed E-state index contributed by atoms with van der Waals surface area (Å²) in [7, 11) is 0. The summed E-state index contributed by atoms with van der Waals surface area (Å²) in [5, 5.41) is 4.78. The molecule has 0 aliphatic carbocycles. The van der Waals surface area contributed by atoms with E-state index >= 15 is 0 Å². The van der Waals surface area contributed by atoms with Gasteiger partial charge in [0.05, 0.1) is 0 Å². The molecule has 1 fully saturated rings. The second-order valence-corrected chi connectivity index (χ2v) is 5.49. The van der Waals surface area contributed by atoms with Crippen LogP contribution in [0.3, 0.4) is 0 Å². The van der Waals surface area contributed by atoms with Crippen LogP contribution in [0.5, 0.6) is 0 Å². The number of rotatable bonds is 2. The topological polar surface area (TPSA) is 25.2 Å². The van der Waals surface area contributed by atoms with Crippen molar-refractivity contribution in [3.8, 4) is 0 Å². The van der Waals surface area contributed by atoms with E-state index in [1.807, 2.05) is 0 Å². The van der Waals surface area contributed by atoms with Crippen LogP contribution >= 0.6 is 0 Å². The van der Waals surface area contributed by atoms with Crippen molar-refractivity contribution in [3.63, 3.8) is 0 Å². The quantitative estimate of drug-likeness (QED) is 0.872. The first kappa shape index (κ1) is 11.8. The van der Waals surface area contributed by atoms with Gasteiger partial charge in [-0.25, -0.2) is 0 Å². The van der Waals surface area contributed by atoms with Gasteiger partial charge in [0.15, 0.2) is 0 Å². The number of aryl methyl sites for hydroxylation is 2. The van der Waals surface area contributed by atoms with Gasteiger partial charge in [0.25, 0.3) is 0 Å². The molecule has 18 heavy (non-hydrogen) atoms. The Morgan fingerprint density at radius 1 is 1.33 bits per heavy atom. The second kappa shape index (κ2) is 4.77. The summed E-state index contributed by atoms with van der Waals surface area (Å²) in [4.78, 5) is 0. The summed E-state index contributed by atoms with van der Waals surface area (Å²) in [5.74, 6) is 1.81. The zero-order valence-electron chi connectivity index (χ0n) is 11.3. The first-order valence-corrected chi connectivity index (χ1v) is 6.94. The minimum absolute atomic E-state index is 0.759. The average Bonchev–Trinajstić information content (AvgIpc) is 2.69. The van der Waals surface area contributed by atoms with Gasteiger partial charge in [-0.2, -0.15) is 0 Å². The van der Waals surface area contributed by atoms with Crippen molar-refractivity contribution in [1.29, 1.82) is 0 Å². The van der Waals surface area contributed by atoms with Gasteiger partial charge in [-0.05, 0) is 63.2 Å². The van der Waals surface area contributed by atoms with E-state index < -0.39 is 0 Å². The van der Waals surface area contributed by atoms with Crippen LogP contribution in [0.15, 0.2) is 22.6 Å². The molecular formula is C16H21NO. The minimum Gasteiger partial charge on any atom is -0.461 e. The van der Waals surface area contributed by atoms with Crippen LogP contribution in [0.1, 0.15) is 29.7 Å². The molecule has 1 aliphatic rings. The number of hydrogen-bond donors (Lipinski definition) is 1. The van der Waals surface area contributed by atoms with E-state index in [1.54, 1.807) is 0 Å². The lowest BCUT2D eigenvalue weighted by molar-refractivity contribution is 0.375. The molecule has 0 radical (unpaired) electrons. The molecule has 0 bridgehead atoms. The fourth-order valence-corrected chi connectivity index (χ4v) is 2.99. The summed E-state index contributed by atoms with van der Waals surface area (Å²) in [5.41, 5.74) is 3.77. The summed E-state index contributed by atoms with van der Waals surface area (Å²) < 4.78 is 5.95. The third-order valence-electron chi connectivity index (χ3n) is 4.19.